The van der Waals surface area contributed by atoms with Crippen LogP contribution in [0, 0.1) is 5.92 Å². The molecule has 1 amide bonds. The summed E-state index contributed by atoms with van der Waals surface area (Å²) in [7, 11) is 0. The van der Waals surface area contributed by atoms with Crippen LogP contribution in [0.4, 0.5) is 4.79 Å². The van der Waals surface area contributed by atoms with Crippen molar-refractivity contribution in [2.45, 2.75) is 45.8 Å². The van der Waals surface area contributed by atoms with Crippen molar-refractivity contribution in [1.82, 2.24) is 5.32 Å². The van der Waals surface area contributed by atoms with E-state index in [4.69, 9.17) is 25.5 Å². The van der Waals surface area contributed by atoms with E-state index in [1.165, 1.54) is 6.07 Å². The first-order valence-electron chi connectivity index (χ1n) is 10.8. The van der Waals surface area contributed by atoms with Gasteiger partial charge in [0.1, 0.15) is 18.2 Å². The predicted molar refractivity (Wildman–Crippen MR) is 124 cm³/mol. The van der Waals surface area contributed by atoms with Gasteiger partial charge in [0, 0.05) is 17.0 Å². The number of ether oxygens (including phenoxy) is 2. The molecule has 8 heteroatoms. The smallest absolute Gasteiger partial charge is 0.408 e. The number of hydrogen-bond donors (Lipinski definition) is 1. The molecule has 1 aliphatic rings. The van der Waals surface area contributed by atoms with Crippen LogP contribution in [-0.2, 0) is 29.0 Å². The largest absolute Gasteiger partial charge is 0.445 e. The molecular weight excluding hydrogens is 446 g/mol. The number of fused-ring (bicyclic) bond motifs is 3. The fraction of sp³-hybridized carbons (Fsp3) is 0.320. The molecule has 1 heterocycles. The molecule has 0 saturated heterocycles. The minimum Gasteiger partial charge on any atom is -0.445 e. The van der Waals surface area contributed by atoms with E-state index in [1.54, 1.807) is 19.9 Å². The molecule has 0 saturated carbocycles. The lowest BCUT2D eigenvalue weighted by atomic mass is 10.0. The van der Waals surface area contributed by atoms with Crippen LogP contribution in [0.15, 0.2) is 51.7 Å². The number of nitrogens with one attached hydrogen (secondary N) is 1. The Labute approximate surface area is 195 Å². The van der Waals surface area contributed by atoms with Crippen LogP contribution in [0.25, 0.3) is 11.0 Å². The Bertz CT molecular complexity index is 1250. The summed E-state index contributed by atoms with van der Waals surface area (Å²) < 4.78 is 16.1. The number of rotatable bonds is 6. The van der Waals surface area contributed by atoms with Gasteiger partial charge in [0.2, 0.25) is 0 Å². The first-order chi connectivity index (χ1) is 15.8. The monoisotopic (exact) mass is 469 g/mol. The molecule has 0 radical (unpaired) electrons. The maximum atomic E-state index is 12.9. The number of halogens is 1. The zero-order chi connectivity index (χ0) is 23.5. The van der Waals surface area contributed by atoms with Crippen LogP contribution >= 0.6 is 11.6 Å². The van der Waals surface area contributed by atoms with E-state index in [-0.39, 0.29) is 28.9 Å². The summed E-state index contributed by atoms with van der Waals surface area (Å²) >= 11 is 6.39. The Kier molecular flexibility index (Phi) is 6.70. The van der Waals surface area contributed by atoms with Crippen LogP contribution in [0.2, 0.25) is 5.02 Å². The molecule has 0 bridgehead atoms. The highest BCUT2D eigenvalue weighted by Gasteiger charge is 2.28. The topological polar surface area (TPSA) is 94.8 Å². The van der Waals surface area contributed by atoms with Gasteiger partial charge in [0.15, 0.2) is 5.75 Å². The Balaban J connectivity index is 1.49. The zero-order valence-corrected chi connectivity index (χ0v) is 19.1. The van der Waals surface area contributed by atoms with Gasteiger partial charge in [0.05, 0.1) is 5.02 Å². The van der Waals surface area contributed by atoms with Crippen LogP contribution < -0.4 is 15.7 Å². The maximum Gasteiger partial charge on any atom is 0.408 e. The molecular formula is C25H24ClNO6. The summed E-state index contributed by atoms with van der Waals surface area (Å²) in [5, 5.41) is 3.52. The summed E-state index contributed by atoms with van der Waals surface area (Å²) in [5.74, 6) is -0.922. The minimum absolute atomic E-state index is 0.0559. The van der Waals surface area contributed by atoms with Crippen LogP contribution in [0.3, 0.4) is 0 Å². The van der Waals surface area contributed by atoms with E-state index >= 15 is 0 Å². The van der Waals surface area contributed by atoms with E-state index in [9.17, 15) is 14.4 Å². The molecule has 7 nitrogen and oxygen atoms in total. The standard InChI is InChI=1S/C25H24ClNO6/c1-14(2)22(27-25(30)31-13-15-7-4-3-5-8-15)24(29)33-21-12-20-18(11-19(21)26)16-9-6-10-17(16)23(28)32-20/h3-5,7-8,11-12,14,22H,6,9-10,13H2,1-2H3,(H,27,30)/t22-/m1/s1. The van der Waals surface area contributed by atoms with Gasteiger partial charge < -0.3 is 19.2 Å². The van der Waals surface area contributed by atoms with Gasteiger partial charge >= 0.3 is 17.7 Å². The first-order valence-corrected chi connectivity index (χ1v) is 11.2. The third-order valence-electron chi connectivity index (χ3n) is 5.64. The summed E-state index contributed by atoms with van der Waals surface area (Å²) in [4.78, 5) is 37.4. The normalized spacial score (nSPS) is 13.6. The highest BCUT2D eigenvalue weighted by Crippen LogP contribution is 2.35. The Morgan fingerprint density at radius 3 is 2.58 bits per heavy atom. The summed E-state index contributed by atoms with van der Waals surface area (Å²) in [6, 6.07) is 11.3. The first kappa shape index (κ1) is 22.9. The maximum absolute atomic E-state index is 12.9. The summed E-state index contributed by atoms with van der Waals surface area (Å²) in [6.45, 7) is 3.62. The van der Waals surface area contributed by atoms with E-state index in [0.29, 0.717) is 17.6 Å². The highest BCUT2D eigenvalue weighted by atomic mass is 35.5. The number of carbonyl (C=O) groups excluding carboxylic acids is 2. The summed E-state index contributed by atoms with van der Waals surface area (Å²) in [5.41, 5.74) is 2.37. The van der Waals surface area contributed by atoms with Gasteiger partial charge in [0.25, 0.3) is 0 Å². The number of benzene rings is 2. The predicted octanol–water partition coefficient (Wildman–Crippen LogP) is 4.79. The Morgan fingerprint density at radius 2 is 1.85 bits per heavy atom. The molecule has 2 aromatic carbocycles. The van der Waals surface area contributed by atoms with Crippen molar-refractivity contribution < 1.29 is 23.5 Å². The van der Waals surface area contributed by atoms with Gasteiger partial charge in [-0.3, -0.25) is 0 Å². The average Bonchev–Trinajstić information content (AvgIpc) is 3.29. The molecule has 4 rings (SSSR count). The molecule has 33 heavy (non-hydrogen) atoms. The lowest BCUT2D eigenvalue weighted by molar-refractivity contribution is -0.137. The highest BCUT2D eigenvalue weighted by molar-refractivity contribution is 6.33. The number of alkyl carbamates (subject to hydrolysis) is 1. The van der Waals surface area contributed by atoms with Crippen LogP contribution in [0.1, 0.15) is 37.0 Å². The number of hydrogen-bond acceptors (Lipinski definition) is 6. The van der Waals surface area contributed by atoms with Crippen molar-refractivity contribution in [1.29, 1.82) is 0 Å². The zero-order valence-electron chi connectivity index (χ0n) is 18.4. The SMILES string of the molecule is CC(C)[C@@H](NC(=O)OCc1ccccc1)C(=O)Oc1cc2oc(=O)c3c(c2cc1Cl)CCC3. The van der Waals surface area contributed by atoms with E-state index in [1.807, 2.05) is 30.3 Å². The minimum atomic E-state index is -0.966. The molecule has 3 aromatic rings. The van der Waals surface area contributed by atoms with Gasteiger partial charge in [-0.05, 0) is 42.4 Å². The quantitative estimate of drug-likeness (QED) is 0.317. The lowest BCUT2D eigenvalue weighted by Gasteiger charge is -2.21. The molecule has 1 aromatic heterocycles. The Hall–Kier alpha value is -3.32. The van der Waals surface area contributed by atoms with Gasteiger partial charge in [-0.25, -0.2) is 14.4 Å². The van der Waals surface area contributed by atoms with Gasteiger partial charge in [-0.15, -0.1) is 0 Å². The fourth-order valence-corrected chi connectivity index (χ4v) is 4.12. The van der Waals surface area contributed by atoms with Crippen molar-refractivity contribution in [3.05, 3.63) is 74.6 Å². The van der Waals surface area contributed by atoms with Gasteiger partial charge in [-0.2, -0.15) is 0 Å². The fourth-order valence-electron chi connectivity index (χ4n) is 3.92. The van der Waals surface area contributed by atoms with Crippen molar-refractivity contribution in [2.24, 2.45) is 5.92 Å². The molecule has 1 N–H and O–H groups in total. The third kappa shape index (κ3) is 5.03. The Morgan fingerprint density at radius 1 is 1.12 bits per heavy atom. The molecule has 0 unspecified atom stereocenters. The van der Waals surface area contributed by atoms with E-state index in [2.05, 4.69) is 5.32 Å². The summed E-state index contributed by atoms with van der Waals surface area (Å²) in [6.07, 6.45) is 1.61. The van der Waals surface area contributed by atoms with Crippen molar-refractivity contribution in [2.75, 3.05) is 0 Å². The van der Waals surface area contributed by atoms with Crippen molar-refractivity contribution >= 4 is 34.6 Å². The molecule has 1 atom stereocenters. The number of amides is 1. The van der Waals surface area contributed by atoms with E-state index in [0.717, 1.165) is 29.4 Å². The second-order valence-electron chi connectivity index (χ2n) is 8.33. The van der Waals surface area contributed by atoms with E-state index < -0.39 is 18.1 Å². The van der Waals surface area contributed by atoms with Gasteiger partial charge in [-0.1, -0.05) is 55.8 Å². The van der Waals surface area contributed by atoms with Crippen LogP contribution in [-0.4, -0.2) is 18.1 Å². The molecule has 0 fully saturated rings. The lowest BCUT2D eigenvalue weighted by Crippen LogP contribution is -2.46. The number of carbonyl (C=O) groups is 2. The average molecular weight is 470 g/mol. The van der Waals surface area contributed by atoms with Crippen molar-refractivity contribution in [3.8, 4) is 5.75 Å². The number of esters is 1. The molecule has 0 aliphatic heterocycles. The molecule has 172 valence electrons. The molecule has 1 aliphatic carbocycles. The third-order valence-corrected chi connectivity index (χ3v) is 5.94. The molecule has 0 spiro atoms. The van der Waals surface area contributed by atoms with Crippen molar-refractivity contribution in [3.63, 3.8) is 0 Å². The van der Waals surface area contributed by atoms with Crippen LogP contribution in [0.5, 0.6) is 5.75 Å². The second-order valence-corrected chi connectivity index (χ2v) is 8.74. The second kappa shape index (κ2) is 9.67. The number of aryl methyl sites for hydroxylation is 1.